The van der Waals surface area contributed by atoms with Crippen LogP contribution in [0.25, 0.3) is 0 Å². The van der Waals surface area contributed by atoms with Crippen molar-refractivity contribution in [2.45, 2.75) is 90.4 Å². The van der Waals surface area contributed by atoms with Crippen LogP contribution in [0.1, 0.15) is 90.4 Å². The van der Waals surface area contributed by atoms with Crippen molar-refractivity contribution in [1.82, 2.24) is 0 Å². The molecular weight excluding hydrogens is 220 g/mol. The van der Waals surface area contributed by atoms with E-state index in [2.05, 4.69) is 13.5 Å². The summed E-state index contributed by atoms with van der Waals surface area (Å²) in [6.45, 7) is 5.95. The number of rotatable bonds is 7. The van der Waals surface area contributed by atoms with Crippen molar-refractivity contribution < 1.29 is 4.79 Å². The van der Waals surface area contributed by atoms with Gasteiger partial charge in [-0.1, -0.05) is 57.9 Å². The smallest absolute Gasteiger partial charge is 0.132 e. The Kier molecular flexibility index (Phi) is 14.0. The molecule has 1 saturated carbocycles. The van der Waals surface area contributed by atoms with Gasteiger partial charge in [0.25, 0.3) is 0 Å². The first kappa shape index (κ1) is 17.4. The Morgan fingerprint density at radius 1 is 0.944 bits per heavy atom. The van der Waals surface area contributed by atoms with E-state index in [-0.39, 0.29) is 0 Å². The van der Waals surface area contributed by atoms with Crippen molar-refractivity contribution in [3.63, 3.8) is 0 Å². The topological polar surface area (TPSA) is 17.1 Å². The lowest BCUT2D eigenvalue weighted by molar-refractivity contribution is -0.118. The standard InChI is InChI=1S/C10H20.C7H12O/c1-3-5-7-9-10-8-6-4-2;8-7-5-3-1-2-4-6-7/h3H,1,4-10H2,2H3;1-6H2. The largest absolute Gasteiger partial charge is 0.300 e. The minimum Gasteiger partial charge on any atom is -0.300 e. The van der Waals surface area contributed by atoms with Crippen LogP contribution in [0.2, 0.25) is 0 Å². The summed E-state index contributed by atoms with van der Waals surface area (Å²) in [7, 11) is 0. The summed E-state index contributed by atoms with van der Waals surface area (Å²) < 4.78 is 0. The second-order valence-electron chi connectivity index (χ2n) is 5.30. The molecule has 0 radical (unpaired) electrons. The van der Waals surface area contributed by atoms with Crippen LogP contribution in [0.3, 0.4) is 0 Å². The summed E-state index contributed by atoms with van der Waals surface area (Å²) in [5.41, 5.74) is 0. The molecule has 1 nitrogen and oxygen atoms in total. The Labute approximate surface area is 114 Å². The average molecular weight is 252 g/mol. The van der Waals surface area contributed by atoms with Gasteiger partial charge in [-0.15, -0.1) is 6.58 Å². The van der Waals surface area contributed by atoms with Gasteiger partial charge in [-0.25, -0.2) is 0 Å². The van der Waals surface area contributed by atoms with Gasteiger partial charge in [0.15, 0.2) is 0 Å². The number of carbonyl (C=O) groups excluding carboxylic acids is 1. The first-order valence-electron chi connectivity index (χ1n) is 7.93. The van der Waals surface area contributed by atoms with Crippen molar-refractivity contribution in [3.8, 4) is 0 Å². The Balaban J connectivity index is 0.000000327. The van der Waals surface area contributed by atoms with E-state index in [1.807, 2.05) is 6.08 Å². The lowest BCUT2D eigenvalue weighted by atomic mass is 10.1. The van der Waals surface area contributed by atoms with E-state index in [0.717, 1.165) is 25.7 Å². The van der Waals surface area contributed by atoms with E-state index in [1.54, 1.807) is 0 Å². The maximum absolute atomic E-state index is 10.7. The molecule has 0 unspecified atom stereocenters. The molecule has 0 aromatic heterocycles. The zero-order chi connectivity index (χ0) is 13.5. The number of Topliss-reactive ketones (excluding diaryl/α,β-unsaturated/α-hetero) is 1. The molecule has 0 amide bonds. The molecule has 1 rings (SSSR count). The van der Waals surface area contributed by atoms with Crippen molar-refractivity contribution in [1.29, 1.82) is 0 Å². The first-order valence-corrected chi connectivity index (χ1v) is 7.93. The molecule has 1 fully saturated rings. The van der Waals surface area contributed by atoms with E-state index >= 15 is 0 Å². The maximum Gasteiger partial charge on any atom is 0.132 e. The zero-order valence-corrected chi connectivity index (χ0v) is 12.4. The molecule has 0 aliphatic heterocycles. The van der Waals surface area contributed by atoms with Crippen molar-refractivity contribution in [2.24, 2.45) is 0 Å². The number of carbonyl (C=O) groups is 1. The van der Waals surface area contributed by atoms with E-state index in [4.69, 9.17) is 0 Å². The summed E-state index contributed by atoms with van der Waals surface area (Å²) in [5.74, 6) is 0.475. The van der Waals surface area contributed by atoms with Crippen molar-refractivity contribution in [3.05, 3.63) is 12.7 Å². The van der Waals surface area contributed by atoms with E-state index in [9.17, 15) is 4.79 Å². The average Bonchev–Trinajstić information content (AvgIpc) is 2.62. The van der Waals surface area contributed by atoms with Crippen molar-refractivity contribution in [2.75, 3.05) is 0 Å². The van der Waals surface area contributed by atoms with Gasteiger partial charge < -0.3 is 0 Å². The molecule has 106 valence electrons. The Morgan fingerprint density at radius 2 is 1.50 bits per heavy atom. The van der Waals surface area contributed by atoms with E-state index in [1.165, 1.54) is 57.8 Å². The monoisotopic (exact) mass is 252 g/mol. The Bertz CT molecular complexity index is 186. The van der Waals surface area contributed by atoms with Crippen LogP contribution in [0.15, 0.2) is 12.7 Å². The molecule has 0 N–H and O–H groups in total. The Morgan fingerprint density at radius 3 is 2.06 bits per heavy atom. The molecule has 1 aliphatic carbocycles. The number of unbranched alkanes of at least 4 members (excludes halogenated alkanes) is 6. The maximum atomic E-state index is 10.7. The van der Waals surface area contributed by atoms with Crippen LogP contribution in [0, 0.1) is 0 Å². The van der Waals surface area contributed by atoms with Crippen molar-refractivity contribution >= 4 is 5.78 Å². The summed E-state index contributed by atoms with van der Waals surface area (Å²) in [6, 6.07) is 0. The molecular formula is C17H32O. The predicted molar refractivity (Wildman–Crippen MR) is 80.9 cm³/mol. The SMILES string of the molecule is C=CCCCCCCCC.O=C1CCCCCC1. The number of ketones is 1. The molecule has 1 aliphatic rings. The van der Waals surface area contributed by atoms with Gasteiger partial charge >= 0.3 is 0 Å². The fraction of sp³-hybridized carbons (Fsp3) is 0.824. The lowest BCUT2D eigenvalue weighted by Gasteiger charge is -1.96. The van der Waals surface area contributed by atoms with E-state index < -0.39 is 0 Å². The van der Waals surface area contributed by atoms with Gasteiger partial charge in [-0.3, -0.25) is 4.79 Å². The highest BCUT2D eigenvalue weighted by Crippen LogP contribution is 2.12. The first-order chi connectivity index (χ1) is 8.81. The minimum absolute atomic E-state index is 0.475. The van der Waals surface area contributed by atoms with Crippen LogP contribution in [-0.4, -0.2) is 5.78 Å². The van der Waals surface area contributed by atoms with Gasteiger partial charge in [-0.2, -0.15) is 0 Å². The molecule has 0 atom stereocenters. The second kappa shape index (κ2) is 14.5. The molecule has 0 spiro atoms. The highest BCUT2D eigenvalue weighted by molar-refractivity contribution is 5.78. The van der Waals surface area contributed by atoms with Crippen LogP contribution < -0.4 is 0 Å². The molecule has 0 heterocycles. The molecule has 0 aromatic carbocycles. The third-order valence-electron chi connectivity index (χ3n) is 3.42. The fourth-order valence-corrected chi connectivity index (χ4v) is 2.19. The second-order valence-corrected chi connectivity index (χ2v) is 5.30. The van der Waals surface area contributed by atoms with Gasteiger partial charge in [0.1, 0.15) is 5.78 Å². The molecule has 0 bridgehead atoms. The summed E-state index contributed by atoms with van der Waals surface area (Å²) >= 11 is 0. The summed E-state index contributed by atoms with van der Waals surface area (Å²) in [4.78, 5) is 10.7. The van der Waals surface area contributed by atoms with E-state index in [0.29, 0.717) is 5.78 Å². The predicted octanol–water partition coefficient (Wildman–Crippen LogP) is 5.83. The van der Waals surface area contributed by atoms with Gasteiger partial charge in [0, 0.05) is 12.8 Å². The minimum atomic E-state index is 0.475. The third-order valence-corrected chi connectivity index (χ3v) is 3.42. The summed E-state index contributed by atoms with van der Waals surface area (Å²) in [5, 5.41) is 0. The zero-order valence-electron chi connectivity index (χ0n) is 12.4. The lowest BCUT2D eigenvalue weighted by Crippen LogP contribution is -1.91. The molecule has 0 aromatic rings. The molecule has 18 heavy (non-hydrogen) atoms. The van der Waals surface area contributed by atoms with Crippen LogP contribution >= 0.6 is 0 Å². The van der Waals surface area contributed by atoms with Crippen LogP contribution in [0.5, 0.6) is 0 Å². The number of hydrogen-bond donors (Lipinski definition) is 0. The highest BCUT2D eigenvalue weighted by atomic mass is 16.1. The fourth-order valence-electron chi connectivity index (χ4n) is 2.19. The molecule has 0 saturated heterocycles. The quantitative estimate of drug-likeness (QED) is 0.316. The third kappa shape index (κ3) is 13.5. The van der Waals surface area contributed by atoms with Crippen LogP contribution in [0.4, 0.5) is 0 Å². The van der Waals surface area contributed by atoms with Crippen LogP contribution in [-0.2, 0) is 4.79 Å². The highest BCUT2D eigenvalue weighted by Gasteiger charge is 2.04. The Hall–Kier alpha value is -0.590. The van der Waals surface area contributed by atoms with Gasteiger partial charge in [0.05, 0.1) is 0 Å². The van der Waals surface area contributed by atoms with Gasteiger partial charge in [-0.05, 0) is 25.7 Å². The number of hydrogen-bond acceptors (Lipinski definition) is 1. The molecule has 1 heteroatoms. The number of allylic oxidation sites excluding steroid dienone is 1. The normalized spacial score (nSPS) is 15.5. The van der Waals surface area contributed by atoms with Gasteiger partial charge in [0.2, 0.25) is 0 Å². The summed E-state index contributed by atoms with van der Waals surface area (Å²) in [6.07, 6.45) is 18.1.